The van der Waals surface area contributed by atoms with Gasteiger partial charge in [0.05, 0.1) is 5.75 Å². The average molecular weight is 423 g/mol. The molecule has 4 nitrogen and oxygen atoms in total. The standard InChI is InChI=1S/C23H19ClN2O2S/c24-19-7-4-8-20(13-19)25-22(28)17-9-11-18(12-10-17)23-26(21(27)15-29-23)14-16-5-2-1-3-6-16/h1-13,23H,14-15H2,(H,25,28)/t23-/m0/s1. The summed E-state index contributed by atoms with van der Waals surface area (Å²) in [5.41, 5.74) is 3.32. The van der Waals surface area contributed by atoms with Crippen LogP contribution in [0.15, 0.2) is 78.9 Å². The van der Waals surface area contributed by atoms with Gasteiger partial charge in [0.25, 0.3) is 5.91 Å². The SMILES string of the molecule is O=C(Nc1cccc(Cl)c1)c1ccc([C@@H]2SCC(=O)N2Cc2ccccc2)cc1. The van der Waals surface area contributed by atoms with Crippen molar-refractivity contribution in [1.82, 2.24) is 4.90 Å². The third-order valence-electron chi connectivity index (χ3n) is 4.70. The minimum absolute atomic E-state index is 0.0484. The Morgan fingerprint density at radius 2 is 1.79 bits per heavy atom. The summed E-state index contributed by atoms with van der Waals surface area (Å²) in [6.07, 6.45) is 0. The lowest BCUT2D eigenvalue weighted by Crippen LogP contribution is -2.27. The van der Waals surface area contributed by atoms with E-state index in [1.54, 1.807) is 48.2 Å². The fraction of sp³-hybridized carbons (Fsp3) is 0.130. The summed E-state index contributed by atoms with van der Waals surface area (Å²) < 4.78 is 0. The van der Waals surface area contributed by atoms with Crippen LogP contribution < -0.4 is 5.32 Å². The summed E-state index contributed by atoms with van der Waals surface area (Å²) in [5.74, 6) is 0.399. The van der Waals surface area contributed by atoms with Gasteiger partial charge >= 0.3 is 0 Å². The molecule has 0 aromatic heterocycles. The molecular weight excluding hydrogens is 404 g/mol. The van der Waals surface area contributed by atoms with Crippen molar-refractivity contribution in [3.05, 3.63) is 101 Å². The zero-order valence-corrected chi connectivity index (χ0v) is 17.1. The molecule has 3 aromatic rings. The molecule has 1 saturated heterocycles. The molecule has 1 heterocycles. The number of anilines is 1. The Hall–Kier alpha value is -2.76. The second kappa shape index (κ2) is 8.72. The number of amides is 2. The number of carbonyl (C=O) groups excluding carboxylic acids is 2. The summed E-state index contributed by atoms with van der Waals surface area (Å²) in [4.78, 5) is 26.8. The molecule has 146 valence electrons. The number of benzene rings is 3. The molecule has 6 heteroatoms. The van der Waals surface area contributed by atoms with Crippen molar-refractivity contribution in [2.24, 2.45) is 0 Å². The molecule has 0 spiro atoms. The monoisotopic (exact) mass is 422 g/mol. The number of hydrogen-bond acceptors (Lipinski definition) is 3. The van der Waals surface area contributed by atoms with Gasteiger partial charge in [-0.3, -0.25) is 9.59 Å². The number of thioether (sulfide) groups is 1. The molecule has 3 aromatic carbocycles. The quantitative estimate of drug-likeness (QED) is 0.601. The van der Waals surface area contributed by atoms with Gasteiger partial charge in [-0.05, 0) is 41.5 Å². The van der Waals surface area contributed by atoms with Crippen molar-refractivity contribution >= 4 is 40.9 Å². The summed E-state index contributed by atoms with van der Waals surface area (Å²) >= 11 is 7.58. The topological polar surface area (TPSA) is 49.4 Å². The molecule has 2 amide bonds. The highest BCUT2D eigenvalue weighted by Crippen LogP contribution is 2.39. The van der Waals surface area contributed by atoms with Crippen molar-refractivity contribution in [3.63, 3.8) is 0 Å². The van der Waals surface area contributed by atoms with E-state index in [1.165, 1.54) is 0 Å². The van der Waals surface area contributed by atoms with Gasteiger partial charge < -0.3 is 10.2 Å². The van der Waals surface area contributed by atoms with Gasteiger partial charge in [0.1, 0.15) is 5.37 Å². The molecule has 0 unspecified atom stereocenters. The average Bonchev–Trinajstić information content (AvgIpc) is 3.09. The number of hydrogen-bond donors (Lipinski definition) is 1. The Balaban J connectivity index is 1.47. The summed E-state index contributed by atoms with van der Waals surface area (Å²) in [7, 11) is 0. The zero-order valence-electron chi connectivity index (χ0n) is 15.5. The van der Waals surface area contributed by atoms with Crippen LogP contribution in [0.25, 0.3) is 0 Å². The third kappa shape index (κ3) is 4.63. The maximum Gasteiger partial charge on any atom is 0.255 e. The van der Waals surface area contributed by atoms with E-state index in [0.717, 1.165) is 11.1 Å². The van der Waals surface area contributed by atoms with Gasteiger partial charge in [-0.15, -0.1) is 11.8 Å². The van der Waals surface area contributed by atoms with Crippen molar-refractivity contribution < 1.29 is 9.59 Å². The molecule has 0 bridgehead atoms. The van der Waals surface area contributed by atoms with E-state index >= 15 is 0 Å². The lowest BCUT2D eigenvalue weighted by atomic mass is 10.1. The Morgan fingerprint density at radius 1 is 1.03 bits per heavy atom. The Morgan fingerprint density at radius 3 is 2.52 bits per heavy atom. The summed E-state index contributed by atoms with van der Waals surface area (Å²) in [5, 5.41) is 3.36. The van der Waals surface area contributed by atoms with E-state index in [2.05, 4.69) is 5.32 Å². The van der Waals surface area contributed by atoms with E-state index in [9.17, 15) is 9.59 Å². The normalized spacial score (nSPS) is 16.1. The fourth-order valence-electron chi connectivity index (χ4n) is 3.25. The fourth-order valence-corrected chi connectivity index (χ4v) is 4.63. The smallest absolute Gasteiger partial charge is 0.255 e. The number of rotatable bonds is 5. The highest BCUT2D eigenvalue weighted by molar-refractivity contribution is 8.00. The lowest BCUT2D eigenvalue weighted by Gasteiger charge is -2.24. The van der Waals surface area contributed by atoms with E-state index in [1.807, 2.05) is 47.4 Å². The van der Waals surface area contributed by atoms with Gasteiger partial charge in [0, 0.05) is 22.8 Å². The molecule has 1 aliphatic heterocycles. The molecule has 1 fully saturated rings. The first-order valence-corrected chi connectivity index (χ1v) is 10.6. The molecule has 1 aliphatic rings. The van der Waals surface area contributed by atoms with Crippen LogP contribution in [0.3, 0.4) is 0 Å². The van der Waals surface area contributed by atoms with Crippen molar-refractivity contribution in [2.45, 2.75) is 11.9 Å². The first-order chi connectivity index (χ1) is 14.1. The van der Waals surface area contributed by atoms with Gasteiger partial charge in [-0.1, -0.05) is 60.1 Å². The van der Waals surface area contributed by atoms with Gasteiger partial charge in [0.2, 0.25) is 5.91 Å². The van der Waals surface area contributed by atoms with Crippen LogP contribution in [-0.4, -0.2) is 22.5 Å². The number of nitrogens with one attached hydrogen (secondary N) is 1. The highest BCUT2D eigenvalue weighted by Gasteiger charge is 2.32. The second-order valence-corrected chi connectivity index (χ2v) is 8.26. The predicted molar refractivity (Wildman–Crippen MR) is 118 cm³/mol. The predicted octanol–water partition coefficient (Wildman–Crippen LogP) is 5.37. The molecule has 0 saturated carbocycles. The highest BCUT2D eigenvalue weighted by atomic mass is 35.5. The summed E-state index contributed by atoms with van der Waals surface area (Å²) in [6, 6.07) is 24.4. The lowest BCUT2D eigenvalue weighted by molar-refractivity contribution is -0.128. The van der Waals surface area contributed by atoms with Crippen molar-refractivity contribution in [2.75, 3.05) is 11.1 Å². The molecule has 1 N–H and O–H groups in total. The van der Waals surface area contributed by atoms with Gasteiger partial charge in [-0.25, -0.2) is 0 Å². The van der Waals surface area contributed by atoms with E-state index in [-0.39, 0.29) is 17.2 Å². The van der Waals surface area contributed by atoms with Gasteiger partial charge in [0.15, 0.2) is 0 Å². The molecule has 29 heavy (non-hydrogen) atoms. The number of carbonyl (C=O) groups is 2. The van der Waals surface area contributed by atoms with Crippen LogP contribution in [0.4, 0.5) is 5.69 Å². The maximum absolute atomic E-state index is 12.5. The minimum Gasteiger partial charge on any atom is -0.322 e. The van der Waals surface area contributed by atoms with Crippen LogP contribution >= 0.6 is 23.4 Å². The number of halogens is 1. The molecule has 0 aliphatic carbocycles. The molecule has 0 radical (unpaired) electrons. The van der Waals surface area contributed by atoms with Gasteiger partial charge in [-0.2, -0.15) is 0 Å². The van der Waals surface area contributed by atoms with Crippen LogP contribution in [0.1, 0.15) is 26.9 Å². The Bertz CT molecular complexity index is 1020. The first kappa shape index (κ1) is 19.6. The van der Waals surface area contributed by atoms with Crippen LogP contribution in [0, 0.1) is 0 Å². The first-order valence-electron chi connectivity index (χ1n) is 9.22. The Labute approximate surface area is 178 Å². The van der Waals surface area contributed by atoms with E-state index in [4.69, 9.17) is 11.6 Å². The summed E-state index contributed by atoms with van der Waals surface area (Å²) in [6.45, 7) is 0.578. The molecular formula is C23H19ClN2O2S. The van der Waals surface area contributed by atoms with Crippen molar-refractivity contribution in [1.29, 1.82) is 0 Å². The number of nitrogens with zero attached hydrogens (tertiary/aromatic N) is 1. The van der Waals surface area contributed by atoms with E-state index < -0.39 is 0 Å². The third-order valence-corrected chi connectivity index (χ3v) is 6.20. The van der Waals surface area contributed by atoms with Crippen molar-refractivity contribution in [3.8, 4) is 0 Å². The molecule has 4 rings (SSSR count). The Kier molecular flexibility index (Phi) is 5.88. The largest absolute Gasteiger partial charge is 0.322 e. The maximum atomic E-state index is 12.5. The van der Waals surface area contributed by atoms with E-state index in [0.29, 0.717) is 28.6 Å². The zero-order chi connectivity index (χ0) is 20.2. The minimum atomic E-state index is -0.199. The van der Waals surface area contributed by atoms with Crippen LogP contribution in [0.2, 0.25) is 5.02 Å². The molecule has 1 atom stereocenters. The van der Waals surface area contributed by atoms with Crippen LogP contribution in [0.5, 0.6) is 0 Å². The second-order valence-electron chi connectivity index (χ2n) is 6.76. The van der Waals surface area contributed by atoms with Crippen LogP contribution in [-0.2, 0) is 11.3 Å².